The summed E-state index contributed by atoms with van der Waals surface area (Å²) in [5.41, 5.74) is 3.88. The molecular formula is C20H23F2N3O3S. The van der Waals surface area contributed by atoms with Crippen LogP contribution in [-0.4, -0.2) is 42.6 Å². The molecule has 0 aromatic heterocycles. The number of halogens is 2. The highest BCUT2D eigenvalue weighted by Crippen LogP contribution is 2.24. The van der Waals surface area contributed by atoms with Crippen LogP contribution in [0, 0.1) is 32.4 Å². The second-order valence-corrected chi connectivity index (χ2v) is 9.15. The lowest BCUT2D eigenvalue weighted by Gasteiger charge is -2.20. The van der Waals surface area contributed by atoms with Gasteiger partial charge in [-0.25, -0.2) is 8.78 Å². The molecule has 3 rings (SSSR count). The first-order chi connectivity index (χ1) is 13.6. The lowest BCUT2D eigenvalue weighted by Crippen LogP contribution is -2.38. The smallest absolute Gasteiger partial charge is 0.282 e. The fourth-order valence-electron chi connectivity index (χ4n) is 3.51. The average Bonchev–Trinajstić information content (AvgIpc) is 2.87. The third-order valence-corrected chi connectivity index (χ3v) is 6.88. The lowest BCUT2D eigenvalue weighted by atomic mass is 10.00. The molecule has 0 bridgehead atoms. The number of carbonyl (C=O) groups is 1. The minimum absolute atomic E-state index is 0.158. The van der Waals surface area contributed by atoms with E-state index in [1.807, 2.05) is 32.9 Å². The maximum atomic E-state index is 13.7. The Balaban J connectivity index is 1.69. The maximum absolute atomic E-state index is 13.7. The summed E-state index contributed by atoms with van der Waals surface area (Å²) in [4.78, 5) is 12.2. The summed E-state index contributed by atoms with van der Waals surface area (Å²) in [6.45, 7) is 6.08. The van der Waals surface area contributed by atoms with Crippen molar-refractivity contribution in [1.82, 2.24) is 8.61 Å². The predicted molar refractivity (Wildman–Crippen MR) is 107 cm³/mol. The quantitative estimate of drug-likeness (QED) is 0.804. The van der Waals surface area contributed by atoms with Crippen molar-refractivity contribution in [2.24, 2.45) is 0 Å². The molecule has 6 nitrogen and oxygen atoms in total. The van der Waals surface area contributed by atoms with E-state index in [2.05, 4.69) is 5.32 Å². The molecule has 1 aliphatic rings. The highest BCUT2D eigenvalue weighted by Gasteiger charge is 2.38. The molecule has 1 amide bonds. The van der Waals surface area contributed by atoms with Crippen molar-refractivity contribution in [3.8, 4) is 0 Å². The van der Waals surface area contributed by atoms with Gasteiger partial charge >= 0.3 is 0 Å². The molecule has 1 N–H and O–H groups in total. The third kappa shape index (κ3) is 4.63. The van der Waals surface area contributed by atoms with Crippen LogP contribution in [0.2, 0.25) is 0 Å². The SMILES string of the molecule is Cc1cc(C)c(CN2CCN(CC(=O)Nc3ccc(F)cc3F)S2(=O)=O)c(C)c1. The Morgan fingerprint density at radius 2 is 1.66 bits per heavy atom. The molecule has 1 aliphatic heterocycles. The van der Waals surface area contributed by atoms with Gasteiger partial charge in [-0.1, -0.05) is 17.7 Å². The Bertz CT molecular complexity index is 1030. The van der Waals surface area contributed by atoms with Gasteiger partial charge in [0.05, 0.1) is 12.2 Å². The molecule has 1 heterocycles. The van der Waals surface area contributed by atoms with Gasteiger partial charge in [0.15, 0.2) is 0 Å². The monoisotopic (exact) mass is 423 g/mol. The first-order valence-corrected chi connectivity index (χ1v) is 10.5. The number of amides is 1. The molecule has 9 heteroatoms. The van der Waals surface area contributed by atoms with Crippen LogP contribution in [0.25, 0.3) is 0 Å². The van der Waals surface area contributed by atoms with Crippen molar-refractivity contribution in [2.45, 2.75) is 27.3 Å². The molecular weight excluding hydrogens is 400 g/mol. The standard InChI is InChI=1S/C20H23F2N3O3S/c1-13-8-14(2)17(15(3)9-13)11-24-6-7-25(29(24,27)28)12-20(26)23-19-5-4-16(21)10-18(19)22/h4-5,8-10H,6-7,11-12H2,1-3H3,(H,23,26). The molecule has 0 spiro atoms. The van der Waals surface area contributed by atoms with Crippen molar-refractivity contribution in [2.75, 3.05) is 25.0 Å². The number of aryl methyl sites for hydroxylation is 3. The number of carbonyl (C=O) groups excluding carboxylic acids is 1. The van der Waals surface area contributed by atoms with Gasteiger partial charge in [0.2, 0.25) is 5.91 Å². The molecule has 2 aromatic rings. The number of rotatable bonds is 5. The summed E-state index contributed by atoms with van der Waals surface area (Å²) in [5.74, 6) is -2.38. The van der Waals surface area contributed by atoms with Crippen LogP contribution in [-0.2, 0) is 21.5 Å². The molecule has 0 saturated carbocycles. The summed E-state index contributed by atoms with van der Waals surface area (Å²) in [6, 6.07) is 6.77. The average molecular weight is 423 g/mol. The van der Waals surface area contributed by atoms with Crippen LogP contribution < -0.4 is 5.32 Å². The summed E-state index contributed by atoms with van der Waals surface area (Å²) in [6.07, 6.45) is 0. The van der Waals surface area contributed by atoms with Crippen molar-refractivity contribution < 1.29 is 22.0 Å². The minimum Gasteiger partial charge on any atom is -0.322 e. The van der Waals surface area contributed by atoms with Gasteiger partial charge in [0, 0.05) is 25.7 Å². The number of anilines is 1. The van der Waals surface area contributed by atoms with Crippen molar-refractivity contribution >= 4 is 21.8 Å². The number of hydrogen-bond donors (Lipinski definition) is 1. The summed E-state index contributed by atoms with van der Waals surface area (Å²) < 4.78 is 54.7. The zero-order valence-corrected chi connectivity index (χ0v) is 17.3. The van der Waals surface area contributed by atoms with Crippen LogP contribution in [0.3, 0.4) is 0 Å². The molecule has 2 aromatic carbocycles. The molecule has 29 heavy (non-hydrogen) atoms. The summed E-state index contributed by atoms with van der Waals surface area (Å²) >= 11 is 0. The number of benzene rings is 2. The normalized spacial score (nSPS) is 16.9. The molecule has 156 valence electrons. The number of hydrogen-bond acceptors (Lipinski definition) is 3. The minimum atomic E-state index is -3.82. The molecule has 1 saturated heterocycles. The Labute approximate surface area is 169 Å². The van der Waals surface area contributed by atoms with Crippen LogP contribution >= 0.6 is 0 Å². The van der Waals surface area contributed by atoms with Crippen LogP contribution in [0.4, 0.5) is 14.5 Å². The van der Waals surface area contributed by atoms with E-state index in [0.717, 1.165) is 38.7 Å². The second-order valence-electron chi connectivity index (χ2n) is 7.22. The Morgan fingerprint density at radius 1 is 1.03 bits per heavy atom. The van der Waals surface area contributed by atoms with Gasteiger partial charge in [0.1, 0.15) is 11.6 Å². The van der Waals surface area contributed by atoms with E-state index in [1.165, 1.54) is 4.31 Å². The summed E-state index contributed by atoms with van der Waals surface area (Å²) in [7, 11) is -3.82. The first-order valence-electron chi connectivity index (χ1n) is 9.15. The Hall–Kier alpha value is -2.36. The van der Waals surface area contributed by atoms with E-state index in [0.29, 0.717) is 6.07 Å². The van der Waals surface area contributed by atoms with Gasteiger partial charge in [-0.2, -0.15) is 17.0 Å². The Morgan fingerprint density at radius 3 is 2.28 bits per heavy atom. The van der Waals surface area contributed by atoms with Crippen molar-refractivity contribution in [1.29, 1.82) is 0 Å². The van der Waals surface area contributed by atoms with E-state index in [-0.39, 0.29) is 25.3 Å². The number of nitrogens with one attached hydrogen (secondary N) is 1. The highest BCUT2D eigenvalue weighted by atomic mass is 32.2. The van der Waals surface area contributed by atoms with Gasteiger partial charge < -0.3 is 5.32 Å². The zero-order chi connectivity index (χ0) is 21.3. The molecule has 0 radical (unpaired) electrons. The summed E-state index contributed by atoms with van der Waals surface area (Å²) in [5, 5.41) is 2.29. The molecule has 1 fully saturated rings. The van der Waals surface area contributed by atoms with Gasteiger partial charge in [-0.05, 0) is 49.6 Å². The topological polar surface area (TPSA) is 69.7 Å². The fraction of sp³-hybridized carbons (Fsp3) is 0.350. The molecule has 0 atom stereocenters. The van der Waals surface area contributed by atoms with Crippen molar-refractivity contribution in [3.05, 3.63) is 64.2 Å². The van der Waals surface area contributed by atoms with Crippen LogP contribution in [0.15, 0.2) is 30.3 Å². The van der Waals surface area contributed by atoms with E-state index in [9.17, 15) is 22.0 Å². The van der Waals surface area contributed by atoms with E-state index < -0.39 is 34.3 Å². The zero-order valence-electron chi connectivity index (χ0n) is 16.5. The van der Waals surface area contributed by atoms with Gasteiger partial charge in [-0.3, -0.25) is 4.79 Å². The largest absolute Gasteiger partial charge is 0.322 e. The fourth-order valence-corrected chi connectivity index (χ4v) is 5.04. The maximum Gasteiger partial charge on any atom is 0.282 e. The molecule has 0 aliphatic carbocycles. The van der Waals surface area contributed by atoms with E-state index >= 15 is 0 Å². The second kappa shape index (κ2) is 8.17. The van der Waals surface area contributed by atoms with Crippen LogP contribution in [0.1, 0.15) is 22.3 Å². The van der Waals surface area contributed by atoms with Crippen molar-refractivity contribution in [3.63, 3.8) is 0 Å². The first kappa shape index (κ1) is 21.4. The third-order valence-electron chi connectivity index (χ3n) is 4.95. The van der Waals surface area contributed by atoms with E-state index in [4.69, 9.17) is 0 Å². The Kier molecular flexibility index (Phi) is 6.02. The van der Waals surface area contributed by atoms with E-state index in [1.54, 1.807) is 0 Å². The highest BCUT2D eigenvalue weighted by molar-refractivity contribution is 7.87. The number of nitrogens with zero attached hydrogens (tertiary/aromatic N) is 2. The van der Waals surface area contributed by atoms with Gasteiger partial charge in [-0.15, -0.1) is 0 Å². The molecule has 0 unspecified atom stereocenters. The van der Waals surface area contributed by atoms with Crippen LogP contribution in [0.5, 0.6) is 0 Å². The lowest BCUT2D eigenvalue weighted by molar-refractivity contribution is -0.116. The van der Waals surface area contributed by atoms with Gasteiger partial charge in [0.25, 0.3) is 10.2 Å². The predicted octanol–water partition coefficient (Wildman–Crippen LogP) is 2.89.